The number of hydrogen-bond donors (Lipinski definition) is 5. The average Bonchev–Trinajstić information content (AvgIpc) is 2.99. The first kappa shape index (κ1) is 41.5. The molecule has 0 fully saturated rings. The van der Waals surface area contributed by atoms with E-state index in [4.69, 9.17) is 5.11 Å². The van der Waals surface area contributed by atoms with Gasteiger partial charge in [-0.1, -0.05) is 111 Å². The van der Waals surface area contributed by atoms with Crippen molar-refractivity contribution in [2.24, 2.45) is 0 Å². The number of unbranched alkanes of at least 4 members (excludes halogenated alkanes) is 16. The van der Waals surface area contributed by atoms with Gasteiger partial charge in [0.15, 0.2) is 12.1 Å². The highest BCUT2D eigenvalue weighted by Gasteiger charge is 2.20. The van der Waals surface area contributed by atoms with E-state index < -0.39 is 5.97 Å². The molecule has 12 heteroatoms. The van der Waals surface area contributed by atoms with E-state index in [-0.39, 0.29) is 36.3 Å². The van der Waals surface area contributed by atoms with Gasteiger partial charge in [-0.05, 0) is 25.7 Å². The number of methoxy groups -OCH3 is 1. The van der Waals surface area contributed by atoms with Crippen molar-refractivity contribution >= 4 is 45.3 Å². The zero-order valence-corrected chi connectivity index (χ0v) is 28.5. The normalized spacial score (nSPS) is 12.4. The Kier molecular flexibility index (Phi) is 29.5. The molecular formula is C31H62N4O6S2+2. The second-order valence-corrected chi connectivity index (χ2v) is 13.9. The van der Waals surface area contributed by atoms with Gasteiger partial charge in [0.25, 0.3) is 11.8 Å². The smallest absolute Gasteiger partial charge is 0.305 e. The topological polar surface area (TPSA) is 177 Å². The number of carbonyl (C=O) groups is 4. The summed E-state index contributed by atoms with van der Waals surface area (Å²) in [4.78, 5) is 46.1. The van der Waals surface area contributed by atoms with Crippen LogP contribution < -0.4 is 22.1 Å². The van der Waals surface area contributed by atoms with Gasteiger partial charge < -0.3 is 31.9 Å². The van der Waals surface area contributed by atoms with Crippen molar-refractivity contribution in [2.45, 2.75) is 141 Å². The van der Waals surface area contributed by atoms with Crippen LogP contribution >= 0.6 is 21.6 Å². The van der Waals surface area contributed by atoms with Gasteiger partial charge in [0.1, 0.15) is 0 Å². The molecule has 0 aromatic carbocycles. The van der Waals surface area contributed by atoms with Crippen LogP contribution in [0.15, 0.2) is 0 Å². The fourth-order valence-corrected chi connectivity index (χ4v) is 6.88. The maximum atomic E-state index is 12.3. The monoisotopic (exact) mass is 650 g/mol. The zero-order chi connectivity index (χ0) is 32.0. The SMILES string of the molecule is COC(=O)CCCCCCCCCCCNC(=O)C([NH3+])CSSCC([NH3+])C(=O)NCCCCCCCCCCCC(=O)O. The van der Waals surface area contributed by atoms with Crippen molar-refractivity contribution in [1.29, 1.82) is 0 Å². The number of nitrogens with one attached hydrogen (secondary N) is 2. The van der Waals surface area contributed by atoms with Crippen LogP contribution in [0.5, 0.6) is 0 Å². The van der Waals surface area contributed by atoms with Crippen LogP contribution in [0.4, 0.5) is 0 Å². The molecular weight excluding hydrogens is 588 g/mol. The van der Waals surface area contributed by atoms with Crippen molar-refractivity contribution in [1.82, 2.24) is 10.6 Å². The lowest BCUT2D eigenvalue weighted by Gasteiger charge is -2.11. The second kappa shape index (κ2) is 30.5. The minimum absolute atomic E-state index is 0.0142. The van der Waals surface area contributed by atoms with Crippen LogP contribution in [0.1, 0.15) is 128 Å². The van der Waals surface area contributed by atoms with Gasteiger partial charge in [0.2, 0.25) is 0 Å². The number of ether oxygens (including phenoxy) is 1. The number of amides is 2. The molecule has 2 atom stereocenters. The first-order valence-corrected chi connectivity index (χ1v) is 19.0. The minimum atomic E-state index is -0.707. The van der Waals surface area contributed by atoms with Crippen LogP contribution in [-0.4, -0.2) is 72.6 Å². The quantitative estimate of drug-likeness (QED) is 0.0426. The maximum Gasteiger partial charge on any atom is 0.305 e. The molecule has 0 saturated carbocycles. The van der Waals surface area contributed by atoms with Gasteiger partial charge in [-0.15, -0.1) is 0 Å². The summed E-state index contributed by atoms with van der Waals surface area (Å²) >= 11 is 0. The van der Waals surface area contributed by atoms with E-state index in [1.165, 1.54) is 58.5 Å². The fourth-order valence-electron chi connectivity index (χ4n) is 4.50. The average molecular weight is 651 g/mol. The Morgan fingerprint density at radius 3 is 1.26 bits per heavy atom. The summed E-state index contributed by atoms with van der Waals surface area (Å²) in [5, 5.41) is 14.6. The van der Waals surface area contributed by atoms with Gasteiger partial charge in [0.05, 0.1) is 18.6 Å². The fraction of sp³-hybridized carbons (Fsp3) is 0.871. The molecule has 2 amide bonds. The van der Waals surface area contributed by atoms with Crippen LogP contribution in [0, 0.1) is 0 Å². The van der Waals surface area contributed by atoms with E-state index in [9.17, 15) is 19.2 Å². The van der Waals surface area contributed by atoms with Crippen LogP contribution in [0.2, 0.25) is 0 Å². The van der Waals surface area contributed by atoms with Gasteiger partial charge in [0, 0.05) is 25.9 Å². The highest BCUT2D eigenvalue weighted by atomic mass is 33.1. The van der Waals surface area contributed by atoms with Crippen molar-refractivity contribution in [3.8, 4) is 0 Å². The molecule has 0 radical (unpaired) electrons. The summed E-state index contributed by atoms with van der Waals surface area (Å²) in [6.45, 7) is 1.37. The molecule has 0 bridgehead atoms. The van der Waals surface area contributed by atoms with Crippen LogP contribution in [-0.2, 0) is 23.9 Å². The third-order valence-electron chi connectivity index (χ3n) is 7.31. The molecule has 0 aliphatic carbocycles. The van der Waals surface area contributed by atoms with E-state index in [0.29, 0.717) is 31.0 Å². The molecule has 9 N–H and O–H groups in total. The number of rotatable bonds is 31. The number of carboxylic acid groups (broad SMARTS) is 1. The number of carboxylic acids is 1. The molecule has 0 aliphatic heterocycles. The summed E-state index contributed by atoms with van der Waals surface area (Å²) in [5.74, 6) is 0.345. The van der Waals surface area contributed by atoms with Gasteiger partial charge >= 0.3 is 11.9 Å². The van der Waals surface area contributed by atoms with E-state index in [0.717, 1.165) is 64.2 Å². The third kappa shape index (κ3) is 29.0. The predicted molar refractivity (Wildman–Crippen MR) is 176 cm³/mol. The maximum absolute atomic E-state index is 12.3. The van der Waals surface area contributed by atoms with Gasteiger partial charge in [-0.3, -0.25) is 19.2 Å². The lowest BCUT2D eigenvalue weighted by atomic mass is 10.1. The van der Waals surface area contributed by atoms with E-state index in [1.54, 1.807) is 21.6 Å². The number of esters is 1. The van der Waals surface area contributed by atoms with Crippen molar-refractivity contribution in [3.05, 3.63) is 0 Å². The highest BCUT2D eigenvalue weighted by molar-refractivity contribution is 8.76. The molecule has 0 aromatic heterocycles. The highest BCUT2D eigenvalue weighted by Crippen LogP contribution is 2.21. The number of aliphatic carboxylic acids is 1. The van der Waals surface area contributed by atoms with E-state index >= 15 is 0 Å². The summed E-state index contributed by atoms with van der Waals surface area (Å²) < 4.78 is 4.65. The van der Waals surface area contributed by atoms with Crippen LogP contribution in [0.25, 0.3) is 0 Å². The standard InChI is InChI=1S/C31H60N4O6S2/c1-41-29(38)21-17-13-9-5-3-7-11-15-19-23-35-31(40)27(33)25-43-42-24-26(32)30(39)34-22-18-14-10-6-2-4-8-12-16-20-28(36)37/h26-27H,2-25,32-33H2,1H3,(H,34,39)(H,35,40)(H,36,37)/p+2. The Bertz CT molecular complexity index is 732. The molecule has 0 heterocycles. The summed E-state index contributed by atoms with van der Waals surface area (Å²) in [5.41, 5.74) is 7.97. The first-order valence-electron chi connectivity index (χ1n) is 16.5. The molecule has 0 saturated heterocycles. The van der Waals surface area contributed by atoms with Crippen molar-refractivity contribution in [2.75, 3.05) is 31.7 Å². The summed E-state index contributed by atoms with van der Waals surface area (Å²) in [6.07, 6.45) is 20.5. The molecule has 0 rings (SSSR count). The number of carbonyl (C=O) groups excluding carboxylic acids is 3. The van der Waals surface area contributed by atoms with Crippen molar-refractivity contribution < 1.29 is 40.5 Å². The Balaban J connectivity index is 3.54. The number of hydrogen-bond acceptors (Lipinski definition) is 7. The Labute approximate surface area is 268 Å². The summed E-state index contributed by atoms with van der Waals surface area (Å²) in [6, 6.07) is -0.631. The molecule has 252 valence electrons. The predicted octanol–water partition coefficient (Wildman–Crippen LogP) is 3.88. The molecule has 0 spiro atoms. The Morgan fingerprint density at radius 1 is 0.581 bits per heavy atom. The summed E-state index contributed by atoms with van der Waals surface area (Å²) in [7, 11) is 4.57. The second-order valence-electron chi connectivity index (χ2n) is 11.4. The zero-order valence-electron chi connectivity index (χ0n) is 26.8. The number of quaternary nitrogens is 2. The van der Waals surface area contributed by atoms with Crippen LogP contribution in [0.3, 0.4) is 0 Å². The molecule has 0 aromatic rings. The molecule has 0 aliphatic rings. The molecule has 2 unspecified atom stereocenters. The molecule has 43 heavy (non-hydrogen) atoms. The Morgan fingerprint density at radius 2 is 0.907 bits per heavy atom. The van der Waals surface area contributed by atoms with Crippen molar-refractivity contribution in [3.63, 3.8) is 0 Å². The minimum Gasteiger partial charge on any atom is -0.481 e. The van der Waals surface area contributed by atoms with Gasteiger partial charge in [-0.2, -0.15) is 0 Å². The Hall–Kier alpha value is -1.50. The van der Waals surface area contributed by atoms with E-state index in [1.807, 2.05) is 0 Å². The van der Waals surface area contributed by atoms with E-state index in [2.05, 4.69) is 26.8 Å². The lowest BCUT2D eigenvalue weighted by Crippen LogP contribution is -2.69. The van der Waals surface area contributed by atoms with Gasteiger partial charge in [-0.25, -0.2) is 0 Å². The lowest BCUT2D eigenvalue weighted by molar-refractivity contribution is -0.396. The molecule has 10 nitrogen and oxygen atoms in total. The third-order valence-corrected chi connectivity index (χ3v) is 9.87. The largest absolute Gasteiger partial charge is 0.481 e. The first-order chi connectivity index (χ1) is 20.8.